The van der Waals surface area contributed by atoms with Crippen molar-refractivity contribution in [2.45, 2.75) is 26.3 Å². The van der Waals surface area contributed by atoms with Crippen LogP contribution >= 0.6 is 11.6 Å². The summed E-state index contributed by atoms with van der Waals surface area (Å²) >= 11 is 5.88. The molecule has 0 aliphatic heterocycles. The number of fused-ring (bicyclic) bond motifs is 1. The first-order valence-electron chi connectivity index (χ1n) is 5.00. The van der Waals surface area contributed by atoms with Gasteiger partial charge in [0.15, 0.2) is 5.65 Å². The van der Waals surface area contributed by atoms with Crippen LogP contribution in [0.4, 0.5) is 5.82 Å². The predicted octanol–water partition coefficient (Wildman–Crippen LogP) is 2.23. The maximum absolute atomic E-state index is 5.88. The van der Waals surface area contributed by atoms with Crippen LogP contribution in [0.1, 0.15) is 20.8 Å². The van der Waals surface area contributed by atoms with Crippen molar-refractivity contribution in [3.63, 3.8) is 0 Å². The first-order chi connectivity index (χ1) is 7.37. The molecule has 0 unspecified atom stereocenters. The van der Waals surface area contributed by atoms with Crippen molar-refractivity contribution in [1.29, 1.82) is 0 Å². The number of nitrogens with zero attached hydrogens (tertiary/aromatic N) is 4. The summed E-state index contributed by atoms with van der Waals surface area (Å²) in [5, 5.41) is 8.53. The molecule has 0 atom stereocenters. The summed E-state index contributed by atoms with van der Waals surface area (Å²) in [6.07, 6.45) is 1.74. The van der Waals surface area contributed by atoms with E-state index in [0.29, 0.717) is 0 Å². The van der Waals surface area contributed by atoms with Crippen molar-refractivity contribution in [2.75, 3.05) is 5.32 Å². The summed E-state index contributed by atoms with van der Waals surface area (Å²) in [4.78, 5) is 8.33. The van der Waals surface area contributed by atoms with Gasteiger partial charge in [-0.3, -0.25) is 4.68 Å². The molecule has 0 aromatic carbocycles. The number of nitrogens with one attached hydrogen (secondary N) is 1. The Kier molecular flexibility index (Phi) is 2.50. The smallest absolute Gasteiger partial charge is 0.226 e. The fourth-order valence-corrected chi connectivity index (χ4v) is 1.61. The van der Waals surface area contributed by atoms with Crippen LogP contribution in [0.2, 0.25) is 5.28 Å². The van der Waals surface area contributed by atoms with Crippen LogP contribution in [0, 0.1) is 0 Å². The van der Waals surface area contributed by atoms with E-state index in [9.17, 15) is 0 Å². The molecule has 1 N–H and O–H groups in total. The number of aromatic nitrogens is 4. The van der Waals surface area contributed by atoms with Crippen molar-refractivity contribution in [3.8, 4) is 0 Å². The van der Waals surface area contributed by atoms with Gasteiger partial charge < -0.3 is 5.32 Å². The molecule has 0 spiro atoms. The molecule has 5 nitrogen and oxygen atoms in total. The Labute approximate surface area is 98.8 Å². The van der Waals surface area contributed by atoms with Gasteiger partial charge in [-0.25, -0.2) is 0 Å². The van der Waals surface area contributed by atoms with Gasteiger partial charge in [0.25, 0.3) is 0 Å². The highest BCUT2D eigenvalue weighted by Gasteiger charge is 2.16. The number of aryl methyl sites for hydroxylation is 1. The standard InChI is InChI=1S/C10H14ClN5/c1-10(2,3)15-7-6-5-12-16(4)8(6)14-9(11)13-7/h5H,1-4H3,(H,13,14,15). The summed E-state index contributed by atoms with van der Waals surface area (Å²) in [6.45, 7) is 6.18. The van der Waals surface area contributed by atoms with Gasteiger partial charge in [-0.2, -0.15) is 15.1 Å². The number of hydrogen-bond donors (Lipinski definition) is 1. The van der Waals surface area contributed by atoms with Crippen LogP contribution < -0.4 is 5.32 Å². The first-order valence-corrected chi connectivity index (χ1v) is 5.38. The second-order valence-corrected chi connectivity index (χ2v) is 5.06. The third-order valence-electron chi connectivity index (χ3n) is 2.06. The van der Waals surface area contributed by atoms with E-state index < -0.39 is 0 Å². The lowest BCUT2D eigenvalue weighted by Crippen LogP contribution is -2.26. The second-order valence-electron chi connectivity index (χ2n) is 4.72. The molecule has 0 bridgehead atoms. The number of halogens is 1. The van der Waals surface area contributed by atoms with E-state index in [1.54, 1.807) is 10.9 Å². The average Bonchev–Trinajstić information content (AvgIpc) is 2.45. The van der Waals surface area contributed by atoms with Gasteiger partial charge in [-0.05, 0) is 32.4 Å². The van der Waals surface area contributed by atoms with Gasteiger partial charge in [0.2, 0.25) is 5.28 Å². The lowest BCUT2D eigenvalue weighted by molar-refractivity contribution is 0.631. The molecule has 86 valence electrons. The van der Waals surface area contributed by atoms with Crippen LogP contribution in [-0.2, 0) is 7.05 Å². The molecule has 0 saturated carbocycles. The SMILES string of the molecule is Cn1ncc2c(NC(C)(C)C)nc(Cl)nc21. The zero-order chi connectivity index (χ0) is 11.9. The quantitative estimate of drug-likeness (QED) is 0.776. The molecule has 0 fully saturated rings. The van der Waals surface area contributed by atoms with Crippen LogP contribution in [0.5, 0.6) is 0 Å². The molecule has 0 saturated heterocycles. The topological polar surface area (TPSA) is 55.6 Å². The Bertz CT molecular complexity index is 526. The monoisotopic (exact) mass is 239 g/mol. The lowest BCUT2D eigenvalue weighted by Gasteiger charge is -2.21. The Morgan fingerprint density at radius 2 is 2.00 bits per heavy atom. The minimum Gasteiger partial charge on any atom is -0.365 e. The van der Waals surface area contributed by atoms with Crippen LogP contribution in [-0.4, -0.2) is 25.3 Å². The van der Waals surface area contributed by atoms with Gasteiger partial charge in [0.05, 0.1) is 11.6 Å². The van der Waals surface area contributed by atoms with Gasteiger partial charge >= 0.3 is 0 Å². The third kappa shape index (κ3) is 2.09. The van der Waals surface area contributed by atoms with Crippen molar-refractivity contribution >= 4 is 28.5 Å². The zero-order valence-electron chi connectivity index (χ0n) is 9.74. The Hall–Kier alpha value is -1.36. The van der Waals surface area contributed by atoms with Crippen molar-refractivity contribution in [1.82, 2.24) is 19.7 Å². The molecule has 0 radical (unpaired) electrons. The molecule has 0 aliphatic carbocycles. The van der Waals surface area contributed by atoms with E-state index in [1.807, 2.05) is 7.05 Å². The van der Waals surface area contributed by atoms with Crippen LogP contribution in [0.25, 0.3) is 11.0 Å². The normalized spacial score (nSPS) is 12.1. The lowest BCUT2D eigenvalue weighted by atomic mass is 10.1. The number of rotatable bonds is 1. The molecule has 16 heavy (non-hydrogen) atoms. The van der Waals surface area contributed by atoms with E-state index in [1.165, 1.54) is 0 Å². The van der Waals surface area contributed by atoms with Crippen molar-refractivity contribution in [3.05, 3.63) is 11.5 Å². The molecule has 0 amide bonds. The number of anilines is 1. The summed E-state index contributed by atoms with van der Waals surface area (Å²) < 4.78 is 1.68. The Balaban J connectivity index is 2.60. The minimum absolute atomic E-state index is 0.0829. The molecular weight excluding hydrogens is 226 g/mol. The molecule has 0 aliphatic rings. The second kappa shape index (κ2) is 3.59. The highest BCUT2D eigenvalue weighted by molar-refractivity contribution is 6.28. The summed E-state index contributed by atoms with van der Waals surface area (Å²) in [5.41, 5.74) is 0.646. The van der Waals surface area contributed by atoms with E-state index in [-0.39, 0.29) is 10.8 Å². The summed E-state index contributed by atoms with van der Waals surface area (Å²) in [6, 6.07) is 0. The Morgan fingerprint density at radius 3 is 2.62 bits per heavy atom. The summed E-state index contributed by atoms with van der Waals surface area (Å²) in [5.74, 6) is 0.718. The number of hydrogen-bond acceptors (Lipinski definition) is 4. The highest BCUT2D eigenvalue weighted by Crippen LogP contribution is 2.23. The fourth-order valence-electron chi connectivity index (χ4n) is 1.45. The highest BCUT2D eigenvalue weighted by atomic mass is 35.5. The van der Waals surface area contributed by atoms with E-state index in [2.05, 4.69) is 41.2 Å². The molecule has 2 heterocycles. The van der Waals surface area contributed by atoms with E-state index in [4.69, 9.17) is 11.6 Å². The molecule has 2 rings (SSSR count). The average molecular weight is 240 g/mol. The third-order valence-corrected chi connectivity index (χ3v) is 2.23. The van der Waals surface area contributed by atoms with E-state index >= 15 is 0 Å². The summed E-state index contributed by atoms with van der Waals surface area (Å²) in [7, 11) is 1.83. The molecule has 2 aromatic heterocycles. The fraction of sp³-hybridized carbons (Fsp3) is 0.500. The van der Waals surface area contributed by atoms with Crippen molar-refractivity contribution < 1.29 is 0 Å². The van der Waals surface area contributed by atoms with Gasteiger partial charge in [-0.1, -0.05) is 0 Å². The van der Waals surface area contributed by atoms with Gasteiger partial charge in [0.1, 0.15) is 5.82 Å². The first kappa shape index (κ1) is 11.1. The minimum atomic E-state index is -0.0829. The zero-order valence-corrected chi connectivity index (χ0v) is 10.5. The van der Waals surface area contributed by atoms with Crippen LogP contribution in [0.15, 0.2) is 6.20 Å². The van der Waals surface area contributed by atoms with Gasteiger partial charge in [-0.15, -0.1) is 0 Å². The van der Waals surface area contributed by atoms with Crippen molar-refractivity contribution in [2.24, 2.45) is 7.05 Å². The largest absolute Gasteiger partial charge is 0.365 e. The maximum Gasteiger partial charge on any atom is 0.226 e. The van der Waals surface area contributed by atoms with E-state index in [0.717, 1.165) is 16.9 Å². The van der Waals surface area contributed by atoms with Crippen LogP contribution in [0.3, 0.4) is 0 Å². The molecule has 2 aromatic rings. The maximum atomic E-state index is 5.88. The molecular formula is C10H14ClN5. The predicted molar refractivity (Wildman–Crippen MR) is 64.7 cm³/mol. The van der Waals surface area contributed by atoms with Gasteiger partial charge in [0, 0.05) is 12.6 Å². The Morgan fingerprint density at radius 1 is 1.31 bits per heavy atom. The molecule has 6 heteroatoms.